The summed E-state index contributed by atoms with van der Waals surface area (Å²) in [5.41, 5.74) is -0.879. The molecule has 0 amide bonds. The van der Waals surface area contributed by atoms with Crippen LogP contribution in [-0.4, -0.2) is 23.1 Å². The number of hydrogen-bond donors (Lipinski definition) is 2. The molecule has 0 heterocycles. The first-order valence-corrected chi connectivity index (χ1v) is 5.43. The van der Waals surface area contributed by atoms with Crippen LogP contribution < -0.4 is 10.1 Å². The first-order chi connectivity index (χ1) is 8.09. The Balaban J connectivity index is 2.89. The molecule has 3 nitrogen and oxygen atoms in total. The van der Waals surface area contributed by atoms with Crippen LogP contribution in [0.1, 0.15) is 20.8 Å². The molecule has 0 aliphatic carbocycles. The minimum absolute atomic E-state index is 0.185. The molecular weight excluding hydrogens is 247 g/mol. The molecule has 2 N–H and O–H groups in total. The van der Waals surface area contributed by atoms with Gasteiger partial charge >= 0.3 is 6.36 Å². The van der Waals surface area contributed by atoms with Crippen LogP contribution in [0.4, 0.5) is 18.9 Å². The van der Waals surface area contributed by atoms with Gasteiger partial charge in [0.1, 0.15) is 0 Å². The molecule has 1 atom stereocenters. The Hall–Kier alpha value is -1.43. The normalized spacial score (nSPS) is 14.2. The number of hydrogen-bond acceptors (Lipinski definition) is 3. The van der Waals surface area contributed by atoms with Crippen molar-refractivity contribution in [2.75, 3.05) is 5.32 Å². The summed E-state index contributed by atoms with van der Waals surface area (Å²) in [7, 11) is 0. The minimum atomic E-state index is -4.74. The van der Waals surface area contributed by atoms with Crippen molar-refractivity contribution in [1.29, 1.82) is 0 Å². The molecule has 0 saturated carbocycles. The average Bonchev–Trinajstić information content (AvgIpc) is 2.17. The maximum atomic E-state index is 12.2. The number of ether oxygens (including phenoxy) is 1. The second kappa shape index (κ2) is 5.06. The van der Waals surface area contributed by atoms with Gasteiger partial charge in [0.05, 0.1) is 17.3 Å². The van der Waals surface area contributed by atoms with Crippen molar-refractivity contribution in [3.05, 3.63) is 24.3 Å². The van der Waals surface area contributed by atoms with E-state index in [-0.39, 0.29) is 11.4 Å². The van der Waals surface area contributed by atoms with Gasteiger partial charge in [-0.15, -0.1) is 13.2 Å². The van der Waals surface area contributed by atoms with Crippen LogP contribution >= 0.6 is 0 Å². The lowest BCUT2D eigenvalue weighted by molar-refractivity contribution is -0.274. The number of aliphatic hydroxyl groups is 1. The quantitative estimate of drug-likeness (QED) is 0.876. The molecule has 18 heavy (non-hydrogen) atoms. The van der Waals surface area contributed by atoms with E-state index >= 15 is 0 Å². The molecule has 1 aromatic carbocycles. The van der Waals surface area contributed by atoms with Crippen molar-refractivity contribution >= 4 is 5.69 Å². The lowest BCUT2D eigenvalue weighted by atomic mass is 10.0. The summed E-state index contributed by atoms with van der Waals surface area (Å²) in [6.07, 6.45) is -4.74. The van der Waals surface area contributed by atoms with Gasteiger partial charge in [-0.05, 0) is 32.9 Å². The van der Waals surface area contributed by atoms with Crippen LogP contribution in [0.3, 0.4) is 0 Å². The molecule has 6 heteroatoms. The van der Waals surface area contributed by atoms with E-state index in [0.29, 0.717) is 0 Å². The highest BCUT2D eigenvalue weighted by molar-refractivity contribution is 5.57. The van der Waals surface area contributed by atoms with E-state index in [4.69, 9.17) is 0 Å². The van der Waals surface area contributed by atoms with Crippen LogP contribution in [0.2, 0.25) is 0 Å². The zero-order valence-corrected chi connectivity index (χ0v) is 10.4. The van der Waals surface area contributed by atoms with Gasteiger partial charge in [-0.2, -0.15) is 0 Å². The second-order valence-corrected chi connectivity index (χ2v) is 4.56. The third-order valence-electron chi connectivity index (χ3n) is 2.54. The Morgan fingerprint density at radius 1 is 1.22 bits per heavy atom. The van der Waals surface area contributed by atoms with E-state index < -0.39 is 18.0 Å². The van der Waals surface area contributed by atoms with Gasteiger partial charge in [0.25, 0.3) is 0 Å². The molecule has 1 rings (SSSR count). The van der Waals surface area contributed by atoms with Crippen LogP contribution in [0.15, 0.2) is 24.3 Å². The predicted molar refractivity (Wildman–Crippen MR) is 62.5 cm³/mol. The zero-order valence-electron chi connectivity index (χ0n) is 10.4. The molecule has 1 unspecified atom stereocenters. The summed E-state index contributed by atoms with van der Waals surface area (Å²) in [6.45, 7) is 4.81. The first kappa shape index (κ1) is 14.6. The first-order valence-electron chi connectivity index (χ1n) is 5.43. The van der Waals surface area contributed by atoms with E-state index in [1.165, 1.54) is 18.2 Å². The largest absolute Gasteiger partial charge is 0.573 e. The fourth-order valence-electron chi connectivity index (χ4n) is 1.21. The molecule has 0 fully saturated rings. The predicted octanol–water partition coefficient (Wildman–Crippen LogP) is 3.16. The summed E-state index contributed by atoms with van der Waals surface area (Å²) in [5.74, 6) is -0.318. The van der Waals surface area contributed by atoms with Crippen molar-refractivity contribution in [2.24, 2.45) is 0 Å². The minimum Gasteiger partial charge on any atom is -0.404 e. The van der Waals surface area contributed by atoms with E-state index in [9.17, 15) is 18.3 Å². The molecule has 0 bridgehead atoms. The van der Waals surface area contributed by atoms with Crippen LogP contribution in [0, 0.1) is 0 Å². The van der Waals surface area contributed by atoms with Crippen molar-refractivity contribution in [3.8, 4) is 5.75 Å². The molecule has 0 radical (unpaired) electrons. The molecular formula is C12H16F3NO2. The SMILES string of the molecule is CC(Nc1ccccc1OC(F)(F)F)C(C)(C)O. The van der Waals surface area contributed by atoms with Gasteiger partial charge in [0.15, 0.2) is 5.75 Å². The number of halogens is 3. The molecule has 102 valence electrons. The highest BCUT2D eigenvalue weighted by Gasteiger charge is 2.32. The van der Waals surface area contributed by atoms with Gasteiger partial charge in [0.2, 0.25) is 0 Å². The fraction of sp³-hybridized carbons (Fsp3) is 0.500. The number of nitrogens with one attached hydrogen (secondary N) is 1. The van der Waals surface area contributed by atoms with Gasteiger partial charge < -0.3 is 15.2 Å². The standard InChI is InChI=1S/C12H16F3NO2/c1-8(11(2,3)17)16-9-6-4-5-7-10(9)18-12(13,14)15/h4-8,16-17H,1-3H3. The molecule has 1 aromatic rings. The Labute approximate surface area is 104 Å². The Kier molecular flexibility index (Phi) is 4.11. The lowest BCUT2D eigenvalue weighted by Crippen LogP contribution is -2.39. The van der Waals surface area contributed by atoms with Gasteiger partial charge in [-0.25, -0.2) is 0 Å². The van der Waals surface area contributed by atoms with Crippen molar-refractivity contribution in [1.82, 2.24) is 0 Å². The molecule has 0 aromatic heterocycles. The molecule has 0 aliphatic heterocycles. The molecule has 0 spiro atoms. The smallest absolute Gasteiger partial charge is 0.404 e. The maximum Gasteiger partial charge on any atom is 0.573 e. The Bertz CT molecular complexity index is 399. The number of para-hydroxylation sites is 2. The van der Waals surface area contributed by atoms with E-state index in [0.717, 1.165) is 0 Å². The van der Waals surface area contributed by atoms with Gasteiger partial charge in [-0.1, -0.05) is 12.1 Å². The summed E-state index contributed by atoms with van der Waals surface area (Å²) < 4.78 is 40.5. The van der Waals surface area contributed by atoms with Crippen molar-refractivity contribution in [2.45, 2.75) is 38.8 Å². The van der Waals surface area contributed by atoms with Crippen molar-refractivity contribution in [3.63, 3.8) is 0 Å². The van der Waals surface area contributed by atoms with Crippen LogP contribution in [0.5, 0.6) is 5.75 Å². The van der Waals surface area contributed by atoms with Gasteiger partial charge in [0, 0.05) is 0 Å². The van der Waals surface area contributed by atoms with Crippen LogP contribution in [-0.2, 0) is 0 Å². The number of rotatable bonds is 4. The monoisotopic (exact) mass is 263 g/mol. The van der Waals surface area contributed by atoms with Gasteiger partial charge in [-0.3, -0.25) is 0 Å². The van der Waals surface area contributed by atoms with Crippen molar-refractivity contribution < 1.29 is 23.0 Å². The van der Waals surface area contributed by atoms with Crippen LogP contribution in [0.25, 0.3) is 0 Å². The van der Waals surface area contributed by atoms with E-state index in [1.54, 1.807) is 26.8 Å². The molecule has 0 aliphatic rings. The number of alkyl halides is 3. The average molecular weight is 263 g/mol. The van der Waals surface area contributed by atoms with E-state index in [2.05, 4.69) is 10.1 Å². The van der Waals surface area contributed by atoms with E-state index in [1.807, 2.05) is 0 Å². The highest BCUT2D eigenvalue weighted by Crippen LogP contribution is 2.31. The lowest BCUT2D eigenvalue weighted by Gasteiger charge is -2.28. The summed E-state index contributed by atoms with van der Waals surface area (Å²) in [4.78, 5) is 0. The summed E-state index contributed by atoms with van der Waals surface area (Å²) in [5, 5.41) is 12.5. The maximum absolute atomic E-state index is 12.2. The fourth-order valence-corrected chi connectivity index (χ4v) is 1.21. The second-order valence-electron chi connectivity index (χ2n) is 4.56. The Morgan fingerprint density at radius 3 is 2.28 bits per heavy atom. The Morgan fingerprint density at radius 2 is 1.78 bits per heavy atom. The topological polar surface area (TPSA) is 41.5 Å². The summed E-state index contributed by atoms with van der Waals surface area (Å²) >= 11 is 0. The zero-order chi connectivity index (χ0) is 14.0. The number of benzene rings is 1. The third kappa shape index (κ3) is 4.44. The summed E-state index contributed by atoms with van der Waals surface area (Å²) in [6, 6.07) is 5.27. The third-order valence-corrected chi connectivity index (χ3v) is 2.54. The highest BCUT2D eigenvalue weighted by atomic mass is 19.4. The molecule has 0 saturated heterocycles. The number of anilines is 1.